The first kappa shape index (κ1) is 23.0. The smallest absolute Gasteiger partial charge is 0.339 e. The van der Waals surface area contributed by atoms with Crippen molar-refractivity contribution >= 4 is 40.6 Å². The number of pyridine rings is 1. The Bertz CT molecular complexity index is 1410. The van der Waals surface area contributed by atoms with Gasteiger partial charge in [0.05, 0.1) is 35.0 Å². The van der Waals surface area contributed by atoms with E-state index in [-0.39, 0.29) is 22.4 Å². The van der Waals surface area contributed by atoms with Crippen LogP contribution < -0.4 is 14.7 Å². The van der Waals surface area contributed by atoms with Crippen LogP contribution in [0.5, 0.6) is 0 Å². The molecule has 8 nitrogen and oxygen atoms in total. The Kier molecular flexibility index (Phi) is 6.34. The van der Waals surface area contributed by atoms with E-state index in [0.29, 0.717) is 16.8 Å². The van der Waals surface area contributed by atoms with Gasteiger partial charge in [0.15, 0.2) is 0 Å². The molecule has 0 atom stereocenters. The standard InChI is InChI=1S/C25H21ClN4O4/c1-27-23(31)16-6-4-15(5-7-16)20-14-28-30-11-10-17(12-22(20)30)24(32)29(2)18-8-9-21(26)19(13-18)25(33)34-3/h4-14H,1-3H3,(H,27,31)/p+1. The number of carbonyl (C=O) groups excluding carboxylic acids is 3. The van der Waals surface area contributed by atoms with Gasteiger partial charge in [-0.1, -0.05) is 28.2 Å². The van der Waals surface area contributed by atoms with E-state index in [0.717, 1.165) is 16.6 Å². The van der Waals surface area contributed by atoms with Crippen LogP contribution in [0.1, 0.15) is 31.1 Å². The average molecular weight is 478 g/mol. The van der Waals surface area contributed by atoms with Crippen molar-refractivity contribution in [2.24, 2.45) is 0 Å². The predicted molar refractivity (Wildman–Crippen MR) is 128 cm³/mol. The van der Waals surface area contributed by atoms with Gasteiger partial charge in [0.25, 0.3) is 11.8 Å². The molecule has 34 heavy (non-hydrogen) atoms. The summed E-state index contributed by atoms with van der Waals surface area (Å²) in [6.07, 6.45) is 3.60. The number of rotatable bonds is 5. The van der Waals surface area contributed by atoms with Crippen molar-refractivity contribution in [2.45, 2.75) is 0 Å². The second kappa shape index (κ2) is 9.36. The molecule has 4 aromatic rings. The third-order valence-corrected chi connectivity index (χ3v) is 5.89. The van der Waals surface area contributed by atoms with Crippen LogP contribution in [0.25, 0.3) is 16.6 Å². The molecule has 0 saturated heterocycles. The summed E-state index contributed by atoms with van der Waals surface area (Å²) in [7, 11) is 4.48. The van der Waals surface area contributed by atoms with Gasteiger partial charge < -0.3 is 15.0 Å². The van der Waals surface area contributed by atoms with Crippen LogP contribution in [0.4, 0.5) is 5.69 Å². The highest BCUT2D eigenvalue weighted by Crippen LogP contribution is 2.26. The number of halogens is 1. The third kappa shape index (κ3) is 4.23. The molecule has 4 rings (SSSR count). The topological polar surface area (TPSA) is 95.6 Å². The van der Waals surface area contributed by atoms with Gasteiger partial charge >= 0.3 is 5.97 Å². The highest BCUT2D eigenvalue weighted by molar-refractivity contribution is 6.33. The summed E-state index contributed by atoms with van der Waals surface area (Å²) < 4.78 is 6.57. The highest BCUT2D eigenvalue weighted by atomic mass is 35.5. The first-order valence-corrected chi connectivity index (χ1v) is 10.7. The molecule has 2 amide bonds. The van der Waals surface area contributed by atoms with Crippen LogP contribution in [0, 0.1) is 0 Å². The van der Waals surface area contributed by atoms with Crippen molar-refractivity contribution < 1.29 is 23.6 Å². The number of benzene rings is 2. The lowest BCUT2D eigenvalue weighted by Gasteiger charge is -2.18. The second-order valence-electron chi connectivity index (χ2n) is 7.53. The number of esters is 1. The maximum atomic E-state index is 13.3. The second-order valence-corrected chi connectivity index (χ2v) is 7.94. The predicted octanol–water partition coefficient (Wildman–Crippen LogP) is 3.50. The minimum Gasteiger partial charge on any atom is -0.465 e. The summed E-state index contributed by atoms with van der Waals surface area (Å²) in [6, 6.07) is 15.4. The van der Waals surface area contributed by atoms with Crippen LogP contribution >= 0.6 is 11.6 Å². The Morgan fingerprint density at radius 1 is 1.03 bits per heavy atom. The van der Waals surface area contributed by atoms with Gasteiger partial charge in [0.1, 0.15) is 0 Å². The molecule has 9 heteroatoms. The van der Waals surface area contributed by atoms with Crippen molar-refractivity contribution in [1.82, 2.24) is 10.4 Å². The number of hydrogen-bond donors (Lipinski definition) is 2. The Morgan fingerprint density at radius 2 is 1.76 bits per heavy atom. The lowest BCUT2D eigenvalue weighted by molar-refractivity contribution is -0.576. The zero-order chi connectivity index (χ0) is 24.4. The first-order chi connectivity index (χ1) is 16.3. The summed E-state index contributed by atoms with van der Waals surface area (Å²) in [6.45, 7) is 0. The molecule has 2 N–H and O–H groups in total. The number of fused-ring (bicyclic) bond motifs is 1. The minimum absolute atomic E-state index is 0.159. The molecular formula is C25H22ClN4O4+. The lowest BCUT2D eigenvalue weighted by atomic mass is 10.0. The van der Waals surface area contributed by atoms with E-state index < -0.39 is 5.97 Å². The molecule has 0 bridgehead atoms. The molecule has 0 aliphatic heterocycles. The molecule has 0 unspecified atom stereocenters. The van der Waals surface area contributed by atoms with Crippen LogP contribution in [0.15, 0.2) is 67.0 Å². The SMILES string of the molecule is CNC(=O)c1ccc(-c2c[nH][n+]3ccc(C(=O)N(C)c4ccc(Cl)c(C(=O)OC)c4)cc23)cc1. The van der Waals surface area contributed by atoms with Crippen molar-refractivity contribution in [2.75, 3.05) is 26.1 Å². The van der Waals surface area contributed by atoms with Crippen LogP contribution in [-0.4, -0.2) is 44.1 Å². The van der Waals surface area contributed by atoms with Gasteiger partial charge in [-0.05, 0) is 35.9 Å². The zero-order valence-electron chi connectivity index (χ0n) is 18.8. The maximum Gasteiger partial charge on any atom is 0.339 e. The number of aromatic amines is 1. The van der Waals surface area contributed by atoms with Crippen LogP contribution in [-0.2, 0) is 4.74 Å². The molecule has 0 aliphatic carbocycles. The Balaban J connectivity index is 1.67. The summed E-state index contributed by atoms with van der Waals surface area (Å²) in [5.74, 6) is -0.999. The summed E-state index contributed by atoms with van der Waals surface area (Å²) in [5, 5.41) is 5.99. The monoisotopic (exact) mass is 477 g/mol. The molecule has 0 fully saturated rings. The fourth-order valence-corrected chi connectivity index (χ4v) is 3.83. The molecule has 0 spiro atoms. The fourth-order valence-electron chi connectivity index (χ4n) is 3.64. The van der Waals surface area contributed by atoms with Gasteiger partial charge in [-0.25, -0.2) is 4.79 Å². The van der Waals surface area contributed by atoms with Gasteiger partial charge in [-0.2, -0.15) is 5.10 Å². The molecule has 0 aliphatic rings. The number of ether oxygens (including phenoxy) is 1. The van der Waals surface area contributed by atoms with Gasteiger partial charge in [-0.3, -0.25) is 9.59 Å². The summed E-state index contributed by atoms with van der Waals surface area (Å²) in [4.78, 5) is 38.5. The van der Waals surface area contributed by atoms with E-state index in [1.165, 1.54) is 18.1 Å². The number of amides is 2. The Morgan fingerprint density at radius 3 is 2.44 bits per heavy atom. The van der Waals surface area contributed by atoms with Gasteiger partial charge in [-0.15, -0.1) is 0 Å². The molecule has 2 aromatic carbocycles. The summed E-state index contributed by atoms with van der Waals surface area (Å²) >= 11 is 6.10. The molecular weight excluding hydrogens is 456 g/mol. The largest absolute Gasteiger partial charge is 0.465 e. The van der Waals surface area contributed by atoms with Crippen LogP contribution in [0.2, 0.25) is 5.02 Å². The average Bonchev–Trinajstić information content (AvgIpc) is 3.30. The quantitative estimate of drug-likeness (QED) is 0.340. The lowest BCUT2D eigenvalue weighted by Crippen LogP contribution is -2.28. The summed E-state index contributed by atoms with van der Waals surface area (Å²) in [5.41, 5.74) is 4.26. The Labute approximate surface area is 200 Å². The number of nitrogens with one attached hydrogen (secondary N) is 2. The van der Waals surface area contributed by atoms with Crippen LogP contribution in [0.3, 0.4) is 0 Å². The molecule has 0 saturated carbocycles. The third-order valence-electron chi connectivity index (χ3n) is 5.56. The van der Waals surface area contributed by atoms with Crippen molar-refractivity contribution in [1.29, 1.82) is 0 Å². The molecule has 2 aromatic heterocycles. The first-order valence-electron chi connectivity index (χ1n) is 10.3. The van der Waals surface area contributed by atoms with Crippen molar-refractivity contribution in [3.8, 4) is 11.1 Å². The number of aromatic nitrogens is 2. The number of nitrogens with zero attached hydrogens (tertiary/aromatic N) is 2. The normalized spacial score (nSPS) is 10.7. The number of H-pyrrole nitrogens is 1. The highest BCUT2D eigenvalue weighted by Gasteiger charge is 2.21. The van der Waals surface area contributed by atoms with Gasteiger partial charge in [0.2, 0.25) is 11.7 Å². The number of methoxy groups -OCH3 is 1. The minimum atomic E-state index is -0.579. The number of carbonyl (C=O) groups is 3. The van der Waals surface area contributed by atoms with E-state index in [9.17, 15) is 14.4 Å². The van der Waals surface area contributed by atoms with E-state index in [4.69, 9.17) is 16.3 Å². The van der Waals surface area contributed by atoms with E-state index in [2.05, 4.69) is 10.4 Å². The molecule has 0 radical (unpaired) electrons. The Hall–Kier alpha value is -4.17. The fraction of sp³-hybridized carbons (Fsp3) is 0.120. The van der Waals surface area contributed by atoms with E-state index >= 15 is 0 Å². The number of anilines is 1. The number of hydrogen-bond acceptors (Lipinski definition) is 4. The molecule has 172 valence electrons. The van der Waals surface area contributed by atoms with Crippen molar-refractivity contribution in [3.05, 3.63) is 88.7 Å². The van der Waals surface area contributed by atoms with Gasteiger partial charge in [0, 0.05) is 37.5 Å². The molecule has 2 heterocycles. The zero-order valence-corrected chi connectivity index (χ0v) is 19.5. The van der Waals surface area contributed by atoms with E-state index in [1.54, 1.807) is 61.2 Å². The van der Waals surface area contributed by atoms with E-state index in [1.807, 2.05) is 18.3 Å². The van der Waals surface area contributed by atoms with Crippen molar-refractivity contribution in [3.63, 3.8) is 0 Å². The maximum absolute atomic E-state index is 13.3.